The first-order valence-corrected chi connectivity index (χ1v) is 8.08. The summed E-state index contributed by atoms with van der Waals surface area (Å²) in [6.07, 6.45) is 12.5. The summed E-state index contributed by atoms with van der Waals surface area (Å²) in [7, 11) is 0. The van der Waals surface area contributed by atoms with Gasteiger partial charge in [0.2, 0.25) is 0 Å². The number of hydrogen-bond acceptors (Lipinski definition) is 1. The third kappa shape index (κ3) is 6.66. The zero-order valence-corrected chi connectivity index (χ0v) is 12.8. The molecule has 0 aliphatic rings. The first-order chi connectivity index (χ1) is 9.27. The van der Waals surface area contributed by atoms with Crippen molar-refractivity contribution in [3.63, 3.8) is 0 Å². The first kappa shape index (κ1) is 16.1. The Morgan fingerprint density at radius 2 is 1.47 bits per heavy atom. The largest absolute Gasteiger partial charge is 0.508 e. The molecule has 1 aromatic rings. The molecule has 0 aliphatic heterocycles. The van der Waals surface area contributed by atoms with Gasteiger partial charge in [-0.2, -0.15) is 0 Å². The minimum Gasteiger partial charge on any atom is -0.508 e. The highest BCUT2D eigenvalue weighted by Gasteiger charge is 2.03. The van der Waals surface area contributed by atoms with Gasteiger partial charge in [-0.15, -0.1) is 0 Å². The Labute approximate surface area is 119 Å². The van der Waals surface area contributed by atoms with Crippen LogP contribution in [0.3, 0.4) is 0 Å². The number of aromatic hydroxyl groups is 1. The summed E-state index contributed by atoms with van der Waals surface area (Å²) in [5, 5.41) is 9.90. The summed E-state index contributed by atoms with van der Waals surface area (Å²) in [6.45, 7) is 4.47. The van der Waals surface area contributed by atoms with Gasteiger partial charge in [-0.25, -0.2) is 0 Å². The van der Waals surface area contributed by atoms with E-state index in [0.29, 0.717) is 5.75 Å². The smallest absolute Gasteiger partial charge is 0.118 e. The zero-order chi connectivity index (χ0) is 13.9. The fraction of sp³-hybridized carbons (Fsp3) is 0.667. The average Bonchev–Trinajstić information content (AvgIpc) is 2.43. The Hall–Kier alpha value is -0.980. The van der Waals surface area contributed by atoms with E-state index in [1.165, 1.54) is 56.9 Å². The molecule has 0 fully saturated rings. The minimum absolute atomic E-state index is 0.480. The fourth-order valence-corrected chi connectivity index (χ4v) is 2.47. The number of unbranched alkanes of at least 4 members (excludes halogenated alkanes) is 6. The van der Waals surface area contributed by atoms with Crippen LogP contribution in [0.15, 0.2) is 18.2 Å². The highest BCUT2D eigenvalue weighted by atomic mass is 16.3. The lowest BCUT2D eigenvalue weighted by Crippen LogP contribution is -1.91. The maximum atomic E-state index is 9.90. The molecule has 0 spiro atoms. The number of aryl methyl sites for hydroxylation is 2. The van der Waals surface area contributed by atoms with E-state index in [9.17, 15) is 5.11 Å². The van der Waals surface area contributed by atoms with Gasteiger partial charge in [-0.1, -0.05) is 64.5 Å². The number of phenolic OH excluding ortho intramolecular Hbond substituents is 1. The standard InChI is InChI=1S/C18H30O/c1-3-5-7-8-9-10-12-17-15-16(11-6-4-2)13-14-18(17)19/h13-15,19H,3-12H2,1-2H3. The van der Waals surface area contributed by atoms with Crippen molar-refractivity contribution in [1.29, 1.82) is 0 Å². The van der Waals surface area contributed by atoms with Crippen LogP contribution in [0.4, 0.5) is 0 Å². The van der Waals surface area contributed by atoms with Crippen molar-refractivity contribution < 1.29 is 5.11 Å². The average molecular weight is 262 g/mol. The lowest BCUT2D eigenvalue weighted by atomic mass is 10.00. The first-order valence-electron chi connectivity index (χ1n) is 8.08. The molecule has 1 nitrogen and oxygen atoms in total. The van der Waals surface area contributed by atoms with Crippen molar-refractivity contribution in [2.24, 2.45) is 0 Å². The molecule has 0 heterocycles. The zero-order valence-electron chi connectivity index (χ0n) is 12.8. The highest BCUT2D eigenvalue weighted by molar-refractivity contribution is 5.36. The molecule has 1 rings (SSSR count). The molecule has 1 heteroatoms. The van der Waals surface area contributed by atoms with Crippen LogP contribution in [-0.2, 0) is 12.8 Å². The van der Waals surface area contributed by atoms with E-state index >= 15 is 0 Å². The fourth-order valence-electron chi connectivity index (χ4n) is 2.47. The lowest BCUT2D eigenvalue weighted by Gasteiger charge is -2.08. The van der Waals surface area contributed by atoms with E-state index in [-0.39, 0.29) is 0 Å². The van der Waals surface area contributed by atoms with Gasteiger partial charge < -0.3 is 5.11 Å². The van der Waals surface area contributed by atoms with Gasteiger partial charge in [0.1, 0.15) is 5.75 Å². The number of rotatable bonds is 10. The quantitative estimate of drug-likeness (QED) is 0.541. The third-order valence-corrected chi connectivity index (χ3v) is 3.76. The van der Waals surface area contributed by atoms with Crippen LogP contribution in [0.25, 0.3) is 0 Å². The van der Waals surface area contributed by atoms with Crippen LogP contribution in [0.2, 0.25) is 0 Å². The topological polar surface area (TPSA) is 20.2 Å². The van der Waals surface area contributed by atoms with Gasteiger partial charge in [-0.05, 0) is 42.9 Å². The molecule has 0 bridgehead atoms. The molecule has 0 unspecified atom stereocenters. The van der Waals surface area contributed by atoms with Crippen molar-refractivity contribution in [1.82, 2.24) is 0 Å². The van der Waals surface area contributed by atoms with Crippen LogP contribution < -0.4 is 0 Å². The molecule has 0 saturated heterocycles. The maximum Gasteiger partial charge on any atom is 0.118 e. The molecule has 1 aromatic carbocycles. The van der Waals surface area contributed by atoms with Gasteiger partial charge in [0.25, 0.3) is 0 Å². The van der Waals surface area contributed by atoms with E-state index in [1.807, 2.05) is 6.07 Å². The maximum absolute atomic E-state index is 9.90. The Balaban J connectivity index is 2.34. The van der Waals surface area contributed by atoms with Gasteiger partial charge in [0.15, 0.2) is 0 Å². The molecule has 1 N–H and O–H groups in total. The molecule has 0 amide bonds. The van der Waals surface area contributed by atoms with E-state index in [0.717, 1.165) is 18.4 Å². The van der Waals surface area contributed by atoms with Crippen molar-refractivity contribution in [2.45, 2.75) is 78.1 Å². The molecule has 0 aromatic heterocycles. The highest BCUT2D eigenvalue weighted by Crippen LogP contribution is 2.22. The SMILES string of the molecule is CCCCCCCCc1cc(CCCC)ccc1O. The molecule has 0 saturated carbocycles. The second-order valence-corrected chi connectivity index (χ2v) is 5.58. The summed E-state index contributed by atoms with van der Waals surface area (Å²) >= 11 is 0. The Kier molecular flexibility index (Phi) is 8.36. The van der Waals surface area contributed by atoms with Crippen LogP contribution in [-0.4, -0.2) is 5.11 Å². The molecule has 19 heavy (non-hydrogen) atoms. The molecular weight excluding hydrogens is 232 g/mol. The molecule has 0 radical (unpaired) electrons. The second kappa shape index (κ2) is 9.89. The van der Waals surface area contributed by atoms with Crippen LogP contribution in [0.5, 0.6) is 5.75 Å². The summed E-state index contributed by atoms with van der Waals surface area (Å²) < 4.78 is 0. The lowest BCUT2D eigenvalue weighted by molar-refractivity contribution is 0.465. The summed E-state index contributed by atoms with van der Waals surface area (Å²) in [5.74, 6) is 0.480. The van der Waals surface area contributed by atoms with Crippen LogP contribution in [0, 0.1) is 0 Å². The monoisotopic (exact) mass is 262 g/mol. The molecular formula is C18H30O. The van der Waals surface area contributed by atoms with Crippen LogP contribution in [0.1, 0.15) is 76.3 Å². The number of hydrogen-bond donors (Lipinski definition) is 1. The number of benzene rings is 1. The Morgan fingerprint density at radius 1 is 0.789 bits per heavy atom. The molecule has 0 atom stereocenters. The van der Waals surface area contributed by atoms with Gasteiger partial charge in [0, 0.05) is 0 Å². The third-order valence-electron chi connectivity index (χ3n) is 3.76. The van der Waals surface area contributed by atoms with Crippen molar-refractivity contribution >= 4 is 0 Å². The van der Waals surface area contributed by atoms with Crippen molar-refractivity contribution in [3.05, 3.63) is 29.3 Å². The minimum atomic E-state index is 0.480. The Morgan fingerprint density at radius 3 is 2.21 bits per heavy atom. The van der Waals surface area contributed by atoms with Gasteiger partial charge in [0.05, 0.1) is 0 Å². The predicted molar refractivity (Wildman–Crippen MR) is 83.8 cm³/mol. The van der Waals surface area contributed by atoms with Gasteiger partial charge >= 0.3 is 0 Å². The van der Waals surface area contributed by atoms with E-state index in [2.05, 4.69) is 26.0 Å². The van der Waals surface area contributed by atoms with E-state index < -0.39 is 0 Å². The van der Waals surface area contributed by atoms with Gasteiger partial charge in [-0.3, -0.25) is 0 Å². The summed E-state index contributed by atoms with van der Waals surface area (Å²) in [5.41, 5.74) is 2.52. The normalized spacial score (nSPS) is 10.8. The van der Waals surface area contributed by atoms with E-state index in [1.54, 1.807) is 0 Å². The van der Waals surface area contributed by atoms with E-state index in [4.69, 9.17) is 0 Å². The summed E-state index contributed by atoms with van der Waals surface area (Å²) in [4.78, 5) is 0. The van der Waals surface area contributed by atoms with Crippen LogP contribution >= 0.6 is 0 Å². The number of phenols is 1. The van der Waals surface area contributed by atoms with Crippen molar-refractivity contribution in [2.75, 3.05) is 0 Å². The molecule has 108 valence electrons. The Bertz CT molecular complexity index is 344. The molecule has 0 aliphatic carbocycles. The van der Waals surface area contributed by atoms with Crippen molar-refractivity contribution in [3.8, 4) is 5.75 Å². The summed E-state index contributed by atoms with van der Waals surface area (Å²) in [6, 6.07) is 6.14. The second-order valence-electron chi connectivity index (χ2n) is 5.58. The predicted octanol–water partition coefficient (Wildman–Crippen LogP) is 5.64.